The smallest absolute Gasteiger partial charge is 0.307 e. The molecule has 25 heavy (non-hydrogen) atoms. The fraction of sp³-hybridized carbons (Fsp3) is 0.300. The van der Waals surface area contributed by atoms with Crippen molar-refractivity contribution in [1.29, 1.82) is 0 Å². The summed E-state index contributed by atoms with van der Waals surface area (Å²) in [7, 11) is 0. The van der Waals surface area contributed by atoms with Gasteiger partial charge in [0.25, 0.3) is 0 Å². The lowest BCUT2D eigenvalue weighted by molar-refractivity contribution is -0.143. The highest BCUT2D eigenvalue weighted by atomic mass is 16.4. The Morgan fingerprint density at radius 1 is 1.12 bits per heavy atom. The molecule has 128 valence electrons. The molecule has 2 aromatic carbocycles. The number of carboxylic acids is 1. The lowest BCUT2D eigenvalue weighted by Crippen LogP contribution is -2.38. The minimum absolute atomic E-state index is 0.275. The number of hydrogen-bond donors (Lipinski definition) is 1. The average molecular weight is 335 g/mol. The van der Waals surface area contributed by atoms with Gasteiger partial charge in [0.15, 0.2) is 0 Å². The number of carboxylic acid groups (broad SMARTS) is 1. The van der Waals surface area contributed by atoms with Crippen LogP contribution in [0.1, 0.15) is 18.7 Å². The number of benzene rings is 2. The second-order valence-corrected chi connectivity index (χ2v) is 6.60. The van der Waals surface area contributed by atoms with E-state index in [1.54, 1.807) is 0 Å². The number of piperidine rings is 1. The standard InChI is InChI=1S/C20H21N3O2/c24-20(25)15-7-6-12-22(13-15)14-19-21-17-10-4-5-11-18(17)23(19)16-8-2-1-3-9-16/h1-5,8-11,15H,6-7,12-14H2,(H,24,25). The molecule has 1 unspecified atom stereocenters. The normalized spacial score (nSPS) is 18.5. The quantitative estimate of drug-likeness (QED) is 0.794. The molecule has 5 heteroatoms. The van der Waals surface area contributed by atoms with Crippen molar-refractivity contribution in [3.8, 4) is 5.69 Å². The molecule has 1 N–H and O–H groups in total. The van der Waals surface area contributed by atoms with Gasteiger partial charge in [0.05, 0.1) is 23.5 Å². The Morgan fingerprint density at radius 2 is 1.88 bits per heavy atom. The summed E-state index contributed by atoms with van der Waals surface area (Å²) in [5.41, 5.74) is 3.13. The van der Waals surface area contributed by atoms with Gasteiger partial charge in [-0.3, -0.25) is 14.3 Å². The molecule has 0 radical (unpaired) electrons. The maximum atomic E-state index is 11.3. The van der Waals surface area contributed by atoms with Crippen LogP contribution in [0.15, 0.2) is 54.6 Å². The van der Waals surface area contributed by atoms with Gasteiger partial charge in [0.2, 0.25) is 0 Å². The molecule has 1 atom stereocenters. The van der Waals surface area contributed by atoms with E-state index in [-0.39, 0.29) is 5.92 Å². The van der Waals surface area contributed by atoms with Gasteiger partial charge in [0.1, 0.15) is 5.82 Å². The highest BCUT2D eigenvalue weighted by molar-refractivity contribution is 5.78. The lowest BCUT2D eigenvalue weighted by atomic mass is 9.98. The molecule has 0 bridgehead atoms. The van der Waals surface area contributed by atoms with Crippen LogP contribution in [0, 0.1) is 5.92 Å². The van der Waals surface area contributed by atoms with Gasteiger partial charge in [-0.05, 0) is 43.7 Å². The molecule has 1 aliphatic rings. The van der Waals surface area contributed by atoms with Gasteiger partial charge >= 0.3 is 5.97 Å². The van der Waals surface area contributed by atoms with Crippen molar-refractivity contribution in [2.24, 2.45) is 5.92 Å². The second kappa shape index (κ2) is 6.69. The Hall–Kier alpha value is -2.66. The molecular formula is C20H21N3O2. The lowest BCUT2D eigenvalue weighted by Gasteiger charge is -2.30. The van der Waals surface area contributed by atoms with Crippen LogP contribution in [0.3, 0.4) is 0 Å². The van der Waals surface area contributed by atoms with Crippen LogP contribution >= 0.6 is 0 Å². The molecule has 1 fully saturated rings. The van der Waals surface area contributed by atoms with Crippen LogP contribution < -0.4 is 0 Å². The van der Waals surface area contributed by atoms with Crippen molar-refractivity contribution in [2.75, 3.05) is 13.1 Å². The molecule has 1 aliphatic heterocycles. The third kappa shape index (κ3) is 3.15. The Labute approximate surface area is 146 Å². The summed E-state index contributed by atoms with van der Waals surface area (Å²) in [6.07, 6.45) is 1.68. The van der Waals surface area contributed by atoms with Crippen LogP contribution in [0.2, 0.25) is 0 Å². The molecular weight excluding hydrogens is 314 g/mol. The summed E-state index contributed by atoms with van der Waals surface area (Å²) < 4.78 is 2.18. The summed E-state index contributed by atoms with van der Waals surface area (Å²) >= 11 is 0. The van der Waals surface area contributed by atoms with Gasteiger partial charge in [0, 0.05) is 12.2 Å². The van der Waals surface area contributed by atoms with Crippen LogP contribution in [-0.2, 0) is 11.3 Å². The minimum atomic E-state index is -0.693. The van der Waals surface area contributed by atoms with E-state index in [4.69, 9.17) is 4.98 Å². The largest absolute Gasteiger partial charge is 0.481 e. The van der Waals surface area contributed by atoms with E-state index in [0.29, 0.717) is 13.1 Å². The van der Waals surface area contributed by atoms with E-state index in [9.17, 15) is 9.90 Å². The summed E-state index contributed by atoms with van der Waals surface area (Å²) in [4.78, 5) is 18.4. The molecule has 0 amide bonds. The van der Waals surface area contributed by atoms with E-state index in [0.717, 1.165) is 41.9 Å². The molecule has 5 nitrogen and oxygen atoms in total. The summed E-state index contributed by atoms with van der Waals surface area (Å²) in [5, 5.41) is 9.32. The molecule has 1 aromatic heterocycles. The molecule has 1 saturated heterocycles. The van der Waals surface area contributed by atoms with Crippen LogP contribution in [-0.4, -0.2) is 38.6 Å². The first kappa shape index (κ1) is 15.8. The van der Waals surface area contributed by atoms with E-state index < -0.39 is 5.97 Å². The third-order valence-corrected chi connectivity index (χ3v) is 4.86. The molecule has 0 aliphatic carbocycles. The highest BCUT2D eigenvalue weighted by Crippen LogP contribution is 2.24. The monoisotopic (exact) mass is 335 g/mol. The number of para-hydroxylation sites is 3. The highest BCUT2D eigenvalue weighted by Gasteiger charge is 2.26. The van der Waals surface area contributed by atoms with Gasteiger partial charge < -0.3 is 5.11 Å². The van der Waals surface area contributed by atoms with E-state index >= 15 is 0 Å². The minimum Gasteiger partial charge on any atom is -0.481 e. The first-order valence-electron chi connectivity index (χ1n) is 8.69. The maximum absolute atomic E-state index is 11.3. The molecule has 4 rings (SSSR count). The zero-order valence-corrected chi connectivity index (χ0v) is 14.0. The van der Waals surface area contributed by atoms with Crippen molar-refractivity contribution in [1.82, 2.24) is 14.5 Å². The number of aliphatic carboxylic acids is 1. The zero-order valence-electron chi connectivity index (χ0n) is 14.0. The Morgan fingerprint density at radius 3 is 2.68 bits per heavy atom. The molecule has 2 heterocycles. The topological polar surface area (TPSA) is 58.4 Å². The van der Waals surface area contributed by atoms with Gasteiger partial charge in [-0.2, -0.15) is 0 Å². The summed E-state index contributed by atoms with van der Waals surface area (Å²) in [6, 6.07) is 18.3. The number of aromatic nitrogens is 2. The SMILES string of the molecule is O=C(O)C1CCCN(Cc2nc3ccccc3n2-c2ccccc2)C1. The maximum Gasteiger partial charge on any atom is 0.307 e. The van der Waals surface area contributed by atoms with Crippen molar-refractivity contribution in [3.05, 3.63) is 60.4 Å². The first-order valence-corrected chi connectivity index (χ1v) is 8.69. The Balaban J connectivity index is 1.71. The second-order valence-electron chi connectivity index (χ2n) is 6.60. The summed E-state index contributed by atoms with van der Waals surface area (Å²) in [6.45, 7) is 2.17. The molecule has 0 saturated carbocycles. The third-order valence-electron chi connectivity index (χ3n) is 4.86. The Bertz CT molecular complexity index is 888. The first-order chi connectivity index (χ1) is 12.2. The number of nitrogens with zero attached hydrogens (tertiary/aromatic N) is 3. The average Bonchev–Trinajstić information content (AvgIpc) is 3.00. The van der Waals surface area contributed by atoms with E-state index in [1.165, 1.54) is 0 Å². The molecule has 3 aromatic rings. The molecule has 0 spiro atoms. The zero-order chi connectivity index (χ0) is 17.2. The van der Waals surface area contributed by atoms with Gasteiger partial charge in [-0.1, -0.05) is 30.3 Å². The van der Waals surface area contributed by atoms with E-state index in [2.05, 4.69) is 27.7 Å². The van der Waals surface area contributed by atoms with Crippen LogP contribution in [0.4, 0.5) is 0 Å². The predicted molar refractivity (Wildman–Crippen MR) is 96.7 cm³/mol. The van der Waals surface area contributed by atoms with Gasteiger partial charge in [-0.25, -0.2) is 4.98 Å². The van der Waals surface area contributed by atoms with E-state index in [1.807, 2.05) is 36.4 Å². The Kier molecular flexibility index (Phi) is 4.24. The fourth-order valence-corrected chi connectivity index (χ4v) is 3.65. The number of carbonyl (C=O) groups is 1. The van der Waals surface area contributed by atoms with Crippen LogP contribution in [0.5, 0.6) is 0 Å². The van der Waals surface area contributed by atoms with Crippen LogP contribution in [0.25, 0.3) is 16.7 Å². The predicted octanol–water partition coefficient (Wildman–Crippen LogP) is 3.32. The number of imidazole rings is 1. The van der Waals surface area contributed by atoms with Crippen molar-refractivity contribution < 1.29 is 9.90 Å². The van der Waals surface area contributed by atoms with Crippen molar-refractivity contribution in [2.45, 2.75) is 19.4 Å². The van der Waals surface area contributed by atoms with Gasteiger partial charge in [-0.15, -0.1) is 0 Å². The fourth-order valence-electron chi connectivity index (χ4n) is 3.65. The number of rotatable bonds is 4. The number of fused-ring (bicyclic) bond motifs is 1. The van der Waals surface area contributed by atoms with Crippen molar-refractivity contribution >= 4 is 17.0 Å². The van der Waals surface area contributed by atoms with Crippen molar-refractivity contribution in [3.63, 3.8) is 0 Å². The number of likely N-dealkylation sites (tertiary alicyclic amines) is 1. The summed E-state index contributed by atoms with van der Waals surface area (Å²) in [5.74, 6) is -0.0111. The number of hydrogen-bond acceptors (Lipinski definition) is 3.